The highest BCUT2D eigenvalue weighted by Gasteiger charge is 2.21. The molecule has 6 heteroatoms. The van der Waals surface area contributed by atoms with Gasteiger partial charge < -0.3 is 8.92 Å². The zero-order chi connectivity index (χ0) is 15.3. The van der Waals surface area contributed by atoms with Gasteiger partial charge >= 0.3 is 10.1 Å². The molecule has 0 saturated heterocycles. The molecule has 2 rings (SSSR count). The molecule has 0 atom stereocenters. The summed E-state index contributed by atoms with van der Waals surface area (Å²) in [4.78, 5) is 11.1. The Bertz CT molecular complexity index is 723. The first kappa shape index (κ1) is 15.1. The Morgan fingerprint density at radius 3 is 2.38 bits per heavy atom. The predicted molar refractivity (Wildman–Crippen MR) is 77.3 cm³/mol. The fourth-order valence-electron chi connectivity index (χ4n) is 1.73. The Labute approximate surface area is 123 Å². The number of benzene rings is 2. The molecular weight excluding hydrogens is 292 g/mol. The van der Waals surface area contributed by atoms with E-state index >= 15 is 0 Å². The maximum atomic E-state index is 12.2. The number of ether oxygens (including phenoxy) is 1. The minimum absolute atomic E-state index is 0.00755. The van der Waals surface area contributed by atoms with E-state index in [-0.39, 0.29) is 22.0 Å². The molecule has 2 aromatic rings. The van der Waals surface area contributed by atoms with Crippen LogP contribution in [0.25, 0.3) is 0 Å². The number of para-hydroxylation sites is 1. The lowest BCUT2D eigenvalue weighted by Crippen LogP contribution is -2.12. The fraction of sp³-hybridized carbons (Fsp3) is 0.133. The van der Waals surface area contributed by atoms with Crippen LogP contribution < -0.4 is 8.92 Å². The van der Waals surface area contributed by atoms with E-state index in [1.54, 1.807) is 37.3 Å². The summed E-state index contributed by atoms with van der Waals surface area (Å²) in [6.45, 7) is 2.08. The van der Waals surface area contributed by atoms with Crippen molar-refractivity contribution in [1.82, 2.24) is 0 Å². The van der Waals surface area contributed by atoms with E-state index < -0.39 is 10.1 Å². The van der Waals surface area contributed by atoms with Crippen LogP contribution in [-0.4, -0.2) is 21.3 Å². The molecular formula is C15H14O5S. The SMILES string of the molecule is CCOc1cccc(C=O)c1OS(=O)(=O)c1ccccc1. The van der Waals surface area contributed by atoms with Gasteiger partial charge in [0.15, 0.2) is 17.8 Å². The summed E-state index contributed by atoms with van der Waals surface area (Å²) in [5, 5.41) is 0. The summed E-state index contributed by atoms with van der Waals surface area (Å²) >= 11 is 0. The van der Waals surface area contributed by atoms with Crippen molar-refractivity contribution < 1.29 is 22.1 Å². The summed E-state index contributed by atoms with van der Waals surface area (Å²) in [6.07, 6.45) is 0.526. The topological polar surface area (TPSA) is 69.7 Å². The normalized spacial score (nSPS) is 10.9. The molecule has 0 amide bonds. The maximum absolute atomic E-state index is 12.2. The first-order valence-corrected chi connectivity index (χ1v) is 7.70. The van der Waals surface area contributed by atoms with Crippen LogP contribution in [0.3, 0.4) is 0 Å². The molecule has 0 unspecified atom stereocenters. The maximum Gasteiger partial charge on any atom is 0.339 e. The average molecular weight is 306 g/mol. The molecule has 5 nitrogen and oxygen atoms in total. The van der Waals surface area contributed by atoms with Crippen LogP contribution in [0.15, 0.2) is 53.4 Å². The number of rotatable bonds is 6. The minimum Gasteiger partial charge on any atom is -0.490 e. The number of carbonyl (C=O) groups is 1. The van der Waals surface area contributed by atoms with Crippen molar-refractivity contribution in [1.29, 1.82) is 0 Å². The third-order valence-electron chi connectivity index (χ3n) is 2.66. The molecule has 0 aliphatic heterocycles. The average Bonchev–Trinajstić information content (AvgIpc) is 2.50. The quantitative estimate of drug-likeness (QED) is 0.606. The molecule has 0 aliphatic rings. The number of hydrogen-bond donors (Lipinski definition) is 0. The molecule has 0 aromatic heterocycles. The van der Waals surface area contributed by atoms with E-state index in [9.17, 15) is 13.2 Å². The van der Waals surface area contributed by atoms with Crippen molar-refractivity contribution >= 4 is 16.4 Å². The largest absolute Gasteiger partial charge is 0.490 e. The summed E-state index contributed by atoms with van der Waals surface area (Å²) < 4.78 is 34.9. The van der Waals surface area contributed by atoms with Gasteiger partial charge in [-0.25, -0.2) is 0 Å². The smallest absolute Gasteiger partial charge is 0.339 e. The minimum atomic E-state index is -4.03. The van der Waals surface area contributed by atoms with Crippen LogP contribution in [0.4, 0.5) is 0 Å². The van der Waals surface area contributed by atoms with Gasteiger partial charge in [-0.2, -0.15) is 8.42 Å². The molecule has 2 aromatic carbocycles. The highest BCUT2D eigenvalue weighted by Crippen LogP contribution is 2.32. The Morgan fingerprint density at radius 2 is 1.76 bits per heavy atom. The molecule has 0 spiro atoms. The zero-order valence-electron chi connectivity index (χ0n) is 11.4. The van der Waals surface area contributed by atoms with Gasteiger partial charge in [0.25, 0.3) is 0 Å². The van der Waals surface area contributed by atoms with Crippen molar-refractivity contribution in [3.63, 3.8) is 0 Å². The van der Waals surface area contributed by atoms with Crippen LogP contribution in [0.1, 0.15) is 17.3 Å². The van der Waals surface area contributed by atoms with Crippen molar-refractivity contribution in [2.45, 2.75) is 11.8 Å². The molecule has 0 bridgehead atoms. The fourth-order valence-corrected chi connectivity index (χ4v) is 2.71. The molecule has 0 aliphatic carbocycles. The predicted octanol–water partition coefficient (Wildman–Crippen LogP) is 2.67. The lowest BCUT2D eigenvalue weighted by atomic mass is 10.2. The zero-order valence-corrected chi connectivity index (χ0v) is 12.2. The van der Waals surface area contributed by atoms with Crippen LogP contribution in [0, 0.1) is 0 Å². The second kappa shape index (κ2) is 6.41. The first-order chi connectivity index (χ1) is 10.1. The second-order valence-electron chi connectivity index (χ2n) is 4.08. The van der Waals surface area contributed by atoms with E-state index in [0.29, 0.717) is 12.9 Å². The number of hydrogen-bond acceptors (Lipinski definition) is 5. The second-order valence-corrected chi connectivity index (χ2v) is 5.62. The van der Waals surface area contributed by atoms with Gasteiger partial charge in [0.1, 0.15) is 4.90 Å². The van der Waals surface area contributed by atoms with Crippen LogP contribution in [0.2, 0.25) is 0 Å². The standard InChI is InChI=1S/C15H14O5S/c1-2-19-14-10-6-7-12(11-16)15(14)20-21(17,18)13-8-4-3-5-9-13/h3-11H,2H2,1H3. The van der Waals surface area contributed by atoms with Gasteiger partial charge in [0.2, 0.25) is 0 Å². The number of carbonyl (C=O) groups excluding carboxylic acids is 1. The van der Waals surface area contributed by atoms with Crippen LogP contribution in [0.5, 0.6) is 11.5 Å². The molecule has 0 fully saturated rings. The van der Waals surface area contributed by atoms with E-state index in [2.05, 4.69) is 0 Å². The lowest BCUT2D eigenvalue weighted by molar-refractivity contribution is 0.112. The van der Waals surface area contributed by atoms with Crippen molar-refractivity contribution in [3.05, 3.63) is 54.1 Å². The van der Waals surface area contributed by atoms with Gasteiger partial charge in [-0.1, -0.05) is 24.3 Å². The summed E-state index contributed by atoms with van der Waals surface area (Å²) in [6, 6.07) is 12.3. The molecule has 0 heterocycles. The Morgan fingerprint density at radius 1 is 1.05 bits per heavy atom. The lowest BCUT2D eigenvalue weighted by Gasteiger charge is -2.13. The third kappa shape index (κ3) is 3.41. The number of aldehydes is 1. The third-order valence-corrected chi connectivity index (χ3v) is 3.90. The van der Waals surface area contributed by atoms with Crippen molar-refractivity contribution in [2.24, 2.45) is 0 Å². The molecule has 0 N–H and O–H groups in total. The first-order valence-electron chi connectivity index (χ1n) is 6.29. The Balaban J connectivity index is 2.45. The van der Waals surface area contributed by atoms with Gasteiger partial charge in [-0.05, 0) is 31.2 Å². The molecule has 0 radical (unpaired) electrons. The van der Waals surface area contributed by atoms with E-state index in [1.165, 1.54) is 18.2 Å². The van der Waals surface area contributed by atoms with E-state index in [0.717, 1.165) is 0 Å². The van der Waals surface area contributed by atoms with Crippen molar-refractivity contribution in [2.75, 3.05) is 6.61 Å². The van der Waals surface area contributed by atoms with Gasteiger partial charge in [0, 0.05) is 0 Å². The van der Waals surface area contributed by atoms with Crippen molar-refractivity contribution in [3.8, 4) is 11.5 Å². The Hall–Kier alpha value is -2.34. The highest BCUT2D eigenvalue weighted by atomic mass is 32.2. The van der Waals surface area contributed by atoms with E-state index in [1.807, 2.05) is 0 Å². The van der Waals surface area contributed by atoms with Gasteiger partial charge in [0.05, 0.1) is 12.2 Å². The van der Waals surface area contributed by atoms with Gasteiger partial charge in [-0.3, -0.25) is 4.79 Å². The Kier molecular flexibility index (Phi) is 4.59. The molecule has 0 saturated carbocycles. The van der Waals surface area contributed by atoms with Crippen LogP contribution >= 0.6 is 0 Å². The summed E-state index contributed by atoms with van der Waals surface area (Å²) in [5.41, 5.74) is 0.112. The van der Waals surface area contributed by atoms with Crippen LogP contribution in [-0.2, 0) is 10.1 Å². The van der Waals surface area contributed by atoms with Gasteiger partial charge in [-0.15, -0.1) is 0 Å². The molecule has 110 valence electrons. The summed E-state index contributed by atoms with van der Waals surface area (Å²) in [7, 11) is -4.03. The van der Waals surface area contributed by atoms with E-state index in [4.69, 9.17) is 8.92 Å². The highest BCUT2D eigenvalue weighted by molar-refractivity contribution is 7.87. The summed E-state index contributed by atoms with van der Waals surface area (Å²) in [5.74, 6) is 0.111. The monoisotopic (exact) mass is 306 g/mol. The molecule has 21 heavy (non-hydrogen) atoms.